The second kappa shape index (κ2) is 12.2. The van der Waals surface area contributed by atoms with Gasteiger partial charge >= 0.3 is 0 Å². The van der Waals surface area contributed by atoms with E-state index in [1.54, 1.807) is 73.5 Å². The molecular formula is C35H28N8O5S. The van der Waals surface area contributed by atoms with Crippen molar-refractivity contribution >= 4 is 57.9 Å². The largest absolute Gasteiger partial charge is 0.369 e. The van der Waals surface area contributed by atoms with Crippen LogP contribution in [-0.4, -0.2) is 68.3 Å². The van der Waals surface area contributed by atoms with Crippen LogP contribution in [0.4, 0.5) is 17.1 Å². The Kier molecular flexibility index (Phi) is 7.81. The summed E-state index contributed by atoms with van der Waals surface area (Å²) in [6.07, 6.45) is 5.18. The molecule has 2 aromatic heterocycles. The third-order valence-electron chi connectivity index (χ3n) is 8.84. The predicted octanol–water partition coefficient (Wildman–Crippen LogP) is 3.82. The molecule has 0 saturated carbocycles. The smallest absolute Gasteiger partial charge is 0.262 e. The number of hydrogen-bond donors (Lipinski definition) is 2. The fourth-order valence-electron chi connectivity index (χ4n) is 5.94. The molecule has 244 valence electrons. The maximum Gasteiger partial charge on any atom is 0.262 e. The SMILES string of the molecule is [C-]#[N+]c1ccc(NC(=O)C(C)(C)n2cc(C#CC3CN(c4ccc5c(c4)C(=O)N(C4CCC(=O)NC4=O)C5=O)C3)cn2)c(-c2nccs2)c1. The zero-order valence-electron chi connectivity index (χ0n) is 26.4. The van der Waals surface area contributed by atoms with Crippen LogP contribution in [0.2, 0.25) is 0 Å². The summed E-state index contributed by atoms with van der Waals surface area (Å²) in [5.41, 5.74) is 2.50. The fourth-order valence-corrected chi connectivity index (χ4v) is 6.61. The first-order valence-corrected chi connectivity index (χ1v) is 16.3. The zero-order chi connectivity index (χ0) is 34.4. The van der Waals surface area contributed by atoms with E-state index in [0.717, 1.165) is 10.6 Å². The van der Waals surface area contributed by atoms with E-state index in [4.69, 9.17) is 6.57 Å². The van der Waals surface area contributed by atoms with Gasteiger partial charge in [-0.2, -0.15) is 5.10 Å². The van der Waals surface area contributed by atoms with Crippen molar-refractivity contribution in [1.82, 2.24) is 25.0 Å². The molecular weight excluding hydrogens is 645 g/mol. The monoisotopic (exact) mass is 672 g/mol. The van der Waals surface area contributed by atoms with Crippen molar-refractivity contribution in [1.29, 1.82) is 0 Å². The Labute approximate surface area is 284 Å². The second-order valence-corrected chi connectivity index (χ2v) is 13.3. The van der Waals surface area contributed by atoms with Crippen LogP contribution < -0.4 is 15.5 Å². The van der Waals surface area contributed by atoms with Crippen molar-refractivity contribution in [2.24, 2.45) is 5.92 Å². The first kappa shape index (κ1) is 31.5. The number of carbonyl (C=O) groups is 5. The van der Waals surface area contributed by atoms with Gasteiger partial charge in [-0.3, -0.25) is 38.9 Å². The highest BCUT2D eigenvalue weighted by Crippen LogP contribution is 2.35. The van der Waals surface area contributed by atoms with Crippen LogP contribution in [0.15, 0.2) is 60.4 Å². The van der Waals surface area contributed by atoms with Crippen LogP contribution in [0.25, 0.3) is 15.4 Å². The molecule has 1 atom stereocenters. The van der Waals surface area contributed by atoms with Crippen molar-refractivity contribution in [2.75, 3.05) is 23.3 Å². The van der Waals surface area contributed by atoms with Gasteiger partial charge in [-0.1, -0.05) is 17.9 Å². The van der Waals surface area contributed by atoms with E-state index >= 15 is 0 Å². The number of hydrogen-bond acceptors (Lipinski definition) is 9. The molecule has 2 aromatic carbocycles. The number of nitrogens with zero attached hydrogens (tertiary/aromatic N) is 6. The van der Waals surface area contributed by atoms with Gasteiger partial charge in [0, 0.05) is 54.2 Å². The summed E-state index contributed by atoms with van der Waals surface area (Å²) in [6.45, 7) is 12.1. The van der Waals surface area contributed by atoms with Crippen LogP contribution in [0.5, 0.6) is 0 Å². The van der Waals surface area contributed by atoms with E-state index in [1.807, 2.05) is 10.3 Å². The number of rotatable bonds is 6. The minimum atomic E-state index is -1.06. The molecule has 0 aliphatic carbocycles. The Bertz CT molecular complexity index is 2160. The van der Waals surface area contributed by atoms with E-state index in [0.29, 0.717) is 40.6 Å². The van der Waals surface area contributed by atoms with Gasteiger partial charge in [0.25, 0.3) is 17.7 Å². The normalized spacial score (nSPS) is 17.5. The number of amides is 5. The average Bonchev–Trinajstić information content (AvgIpc) is 3.82. The third-order valence-corrected chi connectivity index (χ3v) is 9.65. The number of fused-ring (bicyclic) bond motifs is 1. The van der Waals surface area contributed by atoms with E-state index in [1.165, 1.54) is 11.3 Å². The molecule has 5 amide bonds. The maximum atomic E-state index is 13.5. The number of carbonyl (C=O) groups excluding carboxylic acids is 5. The summed E-state index contributed by atoms with van der Waals surface area (Å²) in [5.74, 6) is 4.02. The molecule has 2 fully saturated rings. The van der Waals surface area contributed by atoms with Gasteiger partial charge in [-0.15, -0.1) is 11.3 Å². The van der Waals surface area contributed by atoms with Crippen molar-refractivity contribution < 1.29 is 24.0 Å². The third kappa shape index (κ3) is 5.72. The molecule has 5 heterocycles. The summed E-state index contributed by atoms with van der Waals surface area (Å²) in [4.78, 5) is 74.4. The number of thiazole rings is 1. The van der Waals surface area contributed by atoms with Crippen molar-refractivity contribution in [2.45, 2.75) is 38.3 Å². The lowest BCUT2D eigenvalue weighted by molar-refractivity contribution is -0.136. The minimum Gasteiger partial charge on any atom is -0.369 e. The number of piperidine rings is 1. The number of anilines is 2. The number of benzene rings is 2. The standard InChI is InChI=1S/C35H28N8O5S/c1-35(2,34(48)39-27-9-6-22(36-3)14-26(27)31-37-12-13-49-31)42-19-20(16-38-42)4-5-21-17-41(18-21)23-7-8-24-25(15-23)33(47)43(32(24)46)28-10-11-29(44)40-30(28)45/h6-9,12-16,19,21,28H,10-11,17-18H2,1-2H3,(H,39,48)(H,40,44,45). The topological polar surface area (TPSA) is 151 Å². The van der Waals surface area contributed by atoms with Gasteiger partial charge in [0.1, 0.15) is 16.6 Å². The van der Waals surface area contributed by atoms with Crippen LogP contribution in [-0.2, 0) is 19.9 Å². The first-order chi connectivity index (χ1) is 23.5. The first-order valence-electron chi connectivity index (χ1n) is 15.4. The molecule has 0 bridgehead atoms. The van der Waals surface area contributed by atoms with Gasteiger partial charge in [-0.25, -0.2) is 9.83 Å². The molecule has 1 unspecified atom stereocenters. The Morgan fingerprint density at radius 2 is 1.88 bits per heavy atom. The molecule has 13 nitrogen and oxygen atoms in total. The molecule has 0 radical (unpaired) electrons. The molecule has 2 saturated heterocycles. The molecule has 7 rings (SSSR count). The molecule has 3 aliphatic heterocycles. The van der Waals surface area contributed by atoms with E-state index in [-0.39, 0.29) is 35.8 Å². The van der Waals surface area contributed by atoms with Crippen LogP contribution >= 0.6 is 11.3 Å². The van der Waals surface area contributed by atoms with E-state index < -0.39 is 35.2 Å². The highest BCUT2D eigenvalue weighted by molar-refractivity contribution is 7.13. The lowest BCUT2D eigenvalue weighted by Gasteiger charge is -2.38. The van der Waals surface area contributed by atoms with E-state index in [2.05, 4.69) is 37.4 Å². The van der Waals surface area contributed by atoms with Crippen LogP contribution in [0, 0.1) is 24.3 Å². The molecule has 2 N–H and O–H groups in total. The molecule has 14 heteroatoms. The average molecular weight is 673 g/mol. The minimum absolute atomic E-state index is 0.0490. The quantitative estimate of drug-likeness (QED) is 0.178. The number of imide groups is 2. The predicted molar refractivity (Wildman–Crippen MR) is 180 cm³/mol. The van der Waals surface area contributed by atoms with Crippen molar-refractivity contribution in [3.05, 3.63) is 88.5 Å². The molecule has 0 spiro atoms. The Balaban J connectivity index is 0.986. The number of aromatic nitrogens is 3. The number of nitrogens with one attached hydrogen (secondary N) is 2. The summed E-state index contributed by atoms with van der Waals surface area (Å²) >= 11 is 1.42. The molecule has 4 aromatic rings. The zero-order valence-corrected chi connectivity index (χ0v) is 27.2. The maximum absolute atomic E-state index is 13.5. The lowest BCUT2D eigenvalue weighted by Crippen LogP contribution is -2.54. The highest BCUT2D eigenvalue weighted by Gasteiger charge is 2.45. The molecule has 3 aliphatic rings. The Morgan fingerprint density at radius 3 is 2.61 bits per heavy atom. The van der Waals surface area contributed by atoms with Crippen molar-refractivity contribution in [3.63, 3.8) is 0 Å². The summed E-state index contributed by atoms with van der Waals surface area (Å²) < 4.78 is 1.57. The lowest BCUT2D eigenvalue weighted by atomic mass is 9.98. The summed E-state index contributed by atoms with van der Waals surface area (Å²) in [6, 6.07) is 9.10. The Morgan fingerprint density at radius 1 is 1.08 bits per heavy atom. The van der Waals surface area contributed by atoms with Crippen molar-refractivity contribution in [3.8, 4) is 22.4 Å². The van der Waals surface area contributed by atoms with Crippen LogP contribution in [0.1, 0.15) is 53.0 Å². The van der Waals surface area contributed by atoms with Gasteiger partial charge in [-0.05, 0) is 50.6 Å². The van der Waals surface area contributed by atoms with Gasteiger partial charge in [0.15, 0.2) is 5.69 Å². The fraction of sp³-hybridized carbons (Fsp3) is 0.257. The van der Waals surface area contributed by atoms with Gasteiger partial charge in [0.2, 0.25) is 11.8 Å². The van der Waals surface area contributed by atoms with Gasteiger partial charge < -0.3 is 10.2 Å². The van der Waals surface area contributed by atoms with Crippen LogP contribution in [0.3, 0.4) is 0 Å². The summed E-state index contributed by atoms with van der Waals surface area (Å²) in [7, 11) is 0. The highest BCUT2D eigenvalue weighted by atomic mass is 32.1. The second-order valence-electron chi connectivity index (χ2n) is 12.4. The van der Waals surface area contributed by atoms with Gasteiger partial charge in [0.05, 0.1) is 35.4 Å². The Hall–Kier alpha value is -6.12. The van der Waals surface area contributed by atoms with E-state index in [9.17, 15) is 24.0 Å². The summed E-state index contributed by atoms with van der Waals surface area (Å²) in [5, 5.41) is 12.1. The molecule has 49 heavy (non-hydrogen) atoms.